The van der Waals surface area contributed by atoms with Gasteiger partial charge in [-0.1, -0.05) is 33.1 Å². The van der Waals surface area contributed by atoms with E-state index >= 15 is 0 Å². The van der Waals surface area contributed by atoms with E-state index in [1.54, 1.807) is 0 Å². The Balaban J connectivity index is 0. The van der Waals surface area contributed by atoms with Gasteiger partial charge in [-0.15, -0.1) is 0 Å². The van der Waals surface area contributed by atoms with E-state index in [0.717, 1.165) is 6.54 Å². The predicted octanol–water partition coefficient (Wildman–Crippen LogP) is 2.42. The van der Waals surface area contributed by atoms with Crippen molar-refractivity contribution in [3.8, 4) is 0 Å². The van der Waals surface area contributed by atoms with E-state index in [1.807, 2.05) is 0 Å². The van der Waals surface area contributed by atoms with E-state index in [4.69, 9.17) is 0 Å². The molecule has 1 nitrogen and oxygen atoms in total. The maximum absolute atomic E-state index is 3.31. The first kappa shape index (κ1) is 8.96. The van der Waals surface area contributed by atoms with Gasteiger partial charge in [0.2, 0.25) is 0 Å². The monoisotopic (exact) mass is 131 g/mol. The summed E-state index contributed by atoms with van der Waals surface area (Å²) in [6.45, 7) is 6.72. The maximum Gasteiger partial charge on any atom is 0 e. The number of rotatable bonds is 6. The van der Waals surface area contributed by atoms with Crippen molar-refractivity contribution in [3.05, 3.63) is 0 Å². The Hall–Kier alpha value is -0.0400. The lowest BCUT2D eigenvalue weighted by molar-refractivity contribution is 0.611. The van der Waals surface area contributed by atoms with Crippen molar-refractivity contribution in [2.45, 2.75) is 39.5 Å². The highest BCUT2D eigenvalue weighted by molar-refractivity contribution is 4.44. The average Bonchev–Trinajstić information content (AvgIpc) is 1.89. The first-order valence-corrected chi connectivity index (χ1v) is 4.12. The van der Waals surface area contributed by atoms with Crippen molar-refractivity contribution in [3.63, 3.8) is 0 Å². The van der Waals surface area contributed by atoms with Crippen LogP contribution < -0.4 is 5.32 Å². The van der Waals surface area contributed by atoms with Gasteiger partial charge >= 0.3 is 0 Å². The van der Waals surface area contributed by atoms with Crippen LogP contribution in [0.4, 0.5) is 0 Å². The molecule has 0 saturated carbocycles. The Kier molecular flexibility index (Phi) is 7.92. The largest absolute Gasteiger partial charge is 0.317 e. The fourth-order valence-electron chi connectivity index (χ4n) is 0.854. The average molecular weight is 131 g/mol. The van der Waals surface area contributed by atoms with Crippen LogP contribution in [0.15, 0.2) is 0 Å². The van der Waals surface area contributed by atoms with Gasteiger partial charge in [0.05, 0.1) is 0 Å². The normalized spacial score (nSPS) is 10.0. The molecular weight excluding hydrogens is 110 g/mol. The molecule has 0 spiro atoms. The van der Waals surface area contributed by atoms with Crippen LogP contribution >= 0.6 is 0 Å². The van der Waals surface area contributed by atoms with Crippen LogP contribution in [0.1, 0.15) is 41.0 Å². The van der Waals surface area contributed by atoms with Gasteiger partial charge in [0, 0.05) is 1.43 Å². The lowest BCUT2D eigenvalue weighted by atomic mass is 10.2. The molecule has 0 radical (unpaired) electrons. The number of hydrogen-bond acceptors (Lipinski definition) is 1. The molecular formula is C8H21N. The molecule has 0 unspecified atom stereocenters. The minimum Gasteiger partial charge on any atom is -0.317 e. The highest BCUT2D eigenvalue weighted by Crippen LogP contribution is 1.96. The van der Waals surface area contributed by atoms with Gasteiger partial charge in [-0.2, -0.15) is 0 Å². The minimum absolute atomic E-state index is 0. The zero-order chi connectivity index (χ0) is 6.95. The van der Waals surface area contributed by atoms with Gasteiger partial charge in [0.15, 0.2) is 0 Å². The van der Waals surface area contributed by atoms with Crippen LogP contribution in [-0.4, -0.2) is 13.1 Å². The summed E-state index contributed by atoms with van der Waals surface area (Å²) in [6.07, 6.45) is 5.47. The molecule has 0 bridgehead atoms. The molecule has 0 aromatic heterocycles. The third kappa shape index (κ3) is 7.96. The molecule has 0 aromatic carbocycles. The summed E-state index contributed by atoms with van der Waals surface area (Å²) < 4.78 is 0. The van der Waals surface area contributed by atoms with E-state index in [-0.39, 0.29) is 1.43 Å². The van der Waals surface area contributed by atoms with Gasteiger partial charge in [-0.05, 0) is 19.5 Å². The maximum atomic E-state index is 3.31. The zero-order valence-corrected chi connectivity index (χ0v) is 6.74. The van der Waals surface area contributed by atoms with Crippen LogP contribution in [0, 0.1) is 0 Å². The van der Waals surface area contributed by atoms with Gasteiger partial charge in [-0.25, -0.2) is 0 Å². The third-order valence-electron chi connectivity index (χ3n) is 1.46. The van der Waals surface area contributed by atoms with Crippen molar-refractivity contribution in [1.29, 1.82) is 0 Å². The van der Waals surface area contributed by atoms with Crippen molar-refractivity contribution < 1.29 is 1.43 Å². The molecule has 0 aromatic rings. The van der Waals surface area contributed by atoms with Crippen molar-refractivity contribution >= 4 is 0 Å². The molecule has 9 heavy (non-hydrogen) atoms. The second-order valence-corrected chi connectivity index (χ2v) is 2.41. The van der Waals surface area contributed by atoms with Crippen LogP contribution in [0.2, 0.25) is 0 Å². The fraction of sp³-hybridized carbons (Fsp3) is 1.00. The van der Waals surface area contributed by atoms with Gasteiger partial charge < -0.3 is 5.32 Å². The molecule has 0 saturated heterocycles. The van der Waals surface area contributed by atoms with Crippen molar-refractivity contribution in [2.24, 2.45) is 0 Å². The Morgan fingerprint density at radius 2 is 1.89 bits per heavy atom. The van der Waals surface area contributed by atoms with Crippen molar-refractivity contribution in [1.82, 2.24) is 5.32 Å². The lowest BCUT2D eigenvalue weighted by Crippen LogP contribution is -2.13. The summed E-state index contributed by atoms with van der Waals surface area (Å²) in [7, 11) is 0. The van der Waals surface area contributed by atoms with E-state index in [2.05, 4.69) is 19.2 Å². The summed E-state index contributed by atoms with van der Waals surface area (Å²) in [4.78, 5) is 0. The molecule has 0 aliphatic carbocycles. The highest BCUT2D eigenvalue weighted by Gasteiger charge is 1.84. The van der Waals surface area contributed by atoms with Crippen LogP contribution in [-0.2, 0) is 0 Å². The highest BCUT2D eigenvalue weighted by atomic mass is 14.8. The Labute approximate surface area is 60.3 Å². The Bertz CT molecular complexity index is 42.5. The Morgan fingerprint density at radius 1 is 1.11 bits per heavy atom. The molecule has 0 rings (SSSR count). The van der Waals surface area contributed by atoms with Gasteiger partial charge in [0.25, 0.3) is 0 Å². The molecule has 0 atom stereocenters. The predicted molar refractivity (Wildman–Crippen MR) is 44.8 cm³/mol. The number of unbranched alkanes of at least 4 members (excludes halogenated alkanes) is 3. The van der Waals surface area contributed by atoms with E-state index in [9.17, 15) is 0 Å². The summed E-state index contributed by atoms with van der Waals surface area (Å²) >= 11 is 0. The molecule has 1 N–H and O–H groups in total. The molecule has 0 amide bonds. The second kappa shape index (κ2) is 7.96. The summed E-state index contributed by atoms with van der Waals surface area (Å²) in [5.41, 5.74) is 0. The molecule has 58 valence electrons. The van der Waals surface area contributed by atoms with E-state index in [0.29, 0.717) is 0 Å². The van der Waals surface area contributed by atoms with E-state index in [1.165, 1.54) is 32.2 Å². The molecule has 0 fully saturated rings. The fourth-order valence-corrected chi connectivity index (χ4v) is 0.854. The van der Waals surface area contributed by atoms with Crippen molar-refractivity contribution in [2.75, 3.05) is 13.1 Å². The smallest absolute Gasteiger partial charge is 0 e. The first-order valence-electron chi connectivity index (χ1n) is 4.12. The summed E-state index contributed by atoms with van der Waals surface area (Å²) in [6, 6.07) is 0. The van der Waals surface area contributed by atoms with Gasteiger partial charge in [0.1, 0.15) is 0 Å². The molecule has 0 heterocycles. The number of hydrogen-bond donors (Lipinski definition) is 1. The van der Waals surface area contributed by atoms with Crippen LogP contribution in [0.5, 0.6) is 0 Å². The van der Waals surface area contributed by atoms with Crippen LogP contribution in [0.3, 0.4) is 0 Å². The second-order valence-electron chi connectivity index (χ2n) is 2.41. The summed E-state index contributed by atoms with van der Waals surface area (Å²) in [5, 5.41) is 3.31. The molecule has 0 aliphatic heterocycles. The third-order valence-corrected chi connectivity index (χ3v) is 1.46. The topological polar surface area (TPSA) is 12.0 Å². The molecule has 1 heteroatoms. The number of nitrogens with one attached hydrogen (secondary N) is 1. The quantitative estimate of drug-likeness (QED) is 0.546. The SMILES string of the molecule is CCCCCCNCC.[HH]. The summed E-state index contributed by atoms with van der Waals surface area (Å²) in [5.74, 6) is 0. The van der Waals surface area contributed by atoms with Crippen LogP contribution in [0.25, 0.3) is 0 Å². The standard InChI is InChI=1S/C8H19N.H2/c1-3-5-6-7-8-9-4-2;/h9H,3-8H2,1-2H3;1H. The minimum atomic E-state index is 0. The lowest BCUT2D eigenvalue weighted by Gasteiger charge is -1.98. The first-order chi connectivity index (χ1) is 4.41. The Morgan fingerprint density at radius 3 is 2.44 bits per heavy atom. The zero-order valence-electron chi connectivity index (χ0n) is 6.74. The van der Waals surface area contributed by atoms with E-state index < -0.39 is 0 Å². The van der Waals surface area contributed by atoms with Gasteiger partial charge in [-0.3, -0.25) is 0 Å². The molecule has 0 aliphatic rings.